The zero-order valence-electron chi connectivity index (χ0n) is 20.6. The van der Waals surface area contributed by atoms with Gasteiger partial charge in [0.05, 0.1) is 44.0 Å². The first-order valence-corrected chi connectivity index (χ1v) is 11.8. The summed E-state index contributed by atoms with van der Waals surface area (Å²) in [5, 5.41) is 51.3. The molecule has 37 heavy (non-hydrogen) atoms. The molecule has 3 aliphatic rings. The van der Waals surface area contributed by atoms with Crippen LogP contribution in [-0.4, -0.2) is 96.2 Å². The molecule has 1 saturated heterocycles. The lowest BCUT2D eigenvalue weighted by Gasteiger charge is -2.42. The average Bonchev–Trinajstić information content (AvgIpc) is 2.91. The number of aliphatic hydroxyl groups excluding tert-OH is 4. The van der Waals surface area contributed by atoms with Gasteiger partial charge < -0.3 is 54.2 Å². The Hall–Kier alpha value is -2.84. The second-order valence-electron chi connectivity index (χ2n) is 8.89. The number of carbonyl (C=O) groups is 2. The number of aliphatic carboxylic acids is 1. The number of rotatable bonds is 9. The Kier molecular flexibility index (Phi) is 9.79. The van der Waals surface area contributed by atoms with E-state index in [2.05, 4.69) is 6.58 Å². The number of esters is 1. The van der Waals surface area contributed by atoms with Gasteiger partial charge in [0.1, 0.15) is 37.2 Å². The van der Waals surface area contributed by atoms with E-state index in [1.54, 1.807) is 12.2 Å². The highest BCUT2D eigenvalue weighted by Gasteiger charge is 2.47. The first kappa shape index (κ1) is 28.7. The van der Waals surface area contributed by atoms with Gasteiger partial charge in [0.2, 0.25) is 6.29 Å². The van der Waals surface area contributed by atoms with Gasteiger partial charge in [-0.05, 0) is 13.0 Å². The van der Waals surface area contributed by atoms with Crippen LogP contribution in [0, 0.1) is 11.8 Å². The molecule has 0 aliphatic carbocycles. The highest BCUT2D eigenvalue weighted by Crippen LogP contribution is 2.36. The van der Waals surface area contributed by atoms with Crippen molar-refractivity contribution in [3.8, 4) is 0 Å². The second kappa shape index (κ2) is 12.6. The van der Waals surface area contributed by atoms with E-state index in [1.807, 2.05) is 13.1 Å². The first-order valence-electron chi connectivity index (χ1n) is 11.8. The number of carboxylic acids is 1. The first-order chi connectivity index (χ1) is 17.6. The molecule has 204 valence electrons. The fourth-order valence-corrected chi connectivity index (χ4v) is 4.41. The van der Waals surface area contributed by atoms with E-state index in [0.29, 0.717) is 12.1 Å². The van der Waals surface area contributed by atoms with Crippen molar-refractivity contribution in [3.05, 3.63) is 60.1 Å². The van der Waals surface area contributed by atoms with Gasteiger partial charge in [0.25, 0.3) is 0 Å². The van der Waals surface area contributed by atoms with Crippen LogP contribution in [0.4, 0.5) is 0 Å². The van der Waals surface area contributed by atoms with Crippen molar-refractivity contribution < 1.29 is 59.0 Å². The monoisotopic (exact) mass is 523 g/mol. The third-order valence-corrected chi connectivity index (χ3v) is 6.57. The summed E-state index contributed by atoms with van der Waals surface area (Å²) in [6.07, 6.45) is 0.617. The number of aliphatic hydroxyl groups is 4. The van der Waals surface area contributed by atoms with E-state index in [9.17, 15) is 35.1 Å². The van der Waals surface area contributed by atoms with Gasteiger partial charge >= 0.3 is 5.97 Å². The number of hydrogen-bond acceptors (Lipinski definition) is 11. The van der Waals surface area contributed by atoms with Gasteiger partial charge in [0, 0.05) is 17.1 Å². The third-order valence-electron chi connectivity index (χ3n) is 6.57. The quantitative estimate of drug-likeness (QED) is 0.151. The molecule has 1 fully saturated rings. The van der Waals surface area contributed by atoms with Crippen molar-refractivity contribution in [1.82, 2.24) is 0 Å². The highest BCUT2D eigenvalue weighted by atomic mass is 16.8. The summed E-state index contributed by atoms with van der Waals surface area (Å²) < 4.78 is 21.7. The van der Waals surface area contributed by atoms with Gasteiger partial charge in [-0.2, -0.15) is 0 Å². The Morgan fingerprint density at radius 1 is 1.24 bits per heavy atom. The van der Waals surface area contributed by atoms with Crippen LogP contribution < -0.4 is 10.0 Å². The fraction of sp³-hybridized carbons (Fsp3) is 0.520. The minimum absolute atomic E-state index is 0.137. The van der Waals surface area contributed by atoms with Gasteiger partial charge in [-0.3, -0.25) is 0 Å². The summed E-state index contributed by atoms with van der Waals surface area (Å²) in [5.41, 5.74) is 0.864. The summed E-state index contributed by atoms with van der Waals surface area (Å²) in [5.74, 6) is -3.37. The van der Waals surface area contributed by atoms with Crippen LogP contribution in [0.1, 0.15) is 6.92 Å². The van der Waals surface area contributed by atoms with Crippen LogP contribution in [-0.2, 0) is 28.5 Å². The predicted molar refractivity (Wildman–Crippen MR) is 124 cm³/mol. The second-order valence-corrected chi connectivity index (χ2v) is 8.89. The molecule has 5 N–H and O–H groups in total. The normalized spacial score (nSPS) is 36.2. The standard InChI is InChI=1S/C25H33NO11/c1-4-15-16(7-6-13-8-14(22(31)32)10-26(5-2)9-13)17(23(33)34-3)12-35-24(15)37-25-21(30)20(29)19(28)18(11-27)36-25/h4,6-9,12,15-16,18-21,24-25,27-30H,1,5,10-11H2,2-3H3,(H,31,32)/t15-,16+,18-,19-,20+,21-,24+,25+/m1/s1. The summed E-state index contributed by atoms with van der Waals surface area (Å²) in [6, 6.07) is 0. The molecule has 0 spiro atoms. The summed E-state index contributed by atoms with van der Waals surface area (Å²) >= 11 is 0. The maximum Gasteiger partial charge on any atom is 0.337 e. The maximum absolute atomic E-state index is 12.5. The SMILES string of the molecule is C=C[C@H]1[C@H](O[C@@H]2O[C@H](CO)[C@@H](O)[C@H](O)[C@H]2O)OC=C(C(=O)OC)[C@H]1C=CC1=C[NH+](CC)CC(C(=O)[O-])=C1. The maximum atomic E-state index is 12.5. The van der Waals surface area contributed by atoms with E-state index >= 15 is 0 Å². The Morgan fingerprint density at radius 3 is 2.57 bits per heavy atom. The van der Waals surface area contributed by atoms with E-state index in [4.69, 9.17) is 18.9 Å². The van der Waals surface area contributed by atoms with Gasteiger partial charge in [-0.25, -0.2) is 4.79 Å². The van der Waals surface area contributed by atoms with Crippen molar-refractivity contribution in [2.45, 2.75) is 43.9 Å². The number of nitrogens with one attached hydrogen (secondary N) is 1. The van der Waals surface area contributed by atoms with E-state index in [0.717, 1.165) is 11.2 Å². The molecule has 0 saturated carbocycles. The molecule has 0 amide bonds. The Morgan fingerprint density at radius 2 is 1.97 bits per heavy atom. The molecule has 0 aromatic heterocycles. The van der Waals surface area contributed by atoms with Gasteiger partial charge in [-0.15, -0.1) is 6.58 Å². The highest BCUT2D eigenvalue weighted by molar-refractivity contribution is 5.89. The van der Waals surface area contributed by atoms with E-state index in [-0.39, 0.29) is 17.7 Å². The van der Waals surface area contributed by atoms with E-state index < -0.39 is 67.4 Å². The van der Waals surface area contributed by atoms with Crippen molar-refractivity contribution in [2.24, 2.45) is 11.8 Å². The smallest absolute Gasteiger partial charge is 0.337 e. The minimum atomic E-state index is -1.66. The number of ether oxygens (including phenoxy) is 4. The molecule has 1 unspecified atom stereocenters. The number of methoxy groups -OCH3 is 1. The molecule has 3 heterocycles. The van der Waals surface area contributed by atoms with Crippen molar-refractivity contribution in [1.29, 1.82) is 0 Å². The van der Waals surface area contributed by atoms with Crippen molar-refractivity contribution in [2.75, 3.05) is 26.8 Å². The van der Waals surface area contributed by atoms with Crippen LogP contribution in [0.3, 0.4) is 0 Å². The summed E-state index contributed by atoms with van der Waals surface area (Å²) in [4.78, 5) is 24.8. The van der Waals surface area contributed by atoms with Crippen LogP contribution >= 0.6 is 0 Å². The Bertz CT molecular complexity index is 985. The summed E-state index contributed by atoms with van der Waals surface area (Å²) in [7, 11) is 1.21. The molecule has 12 heteroatoms. The van der Waals surface area contributed by atoms with E-state index in [1.165, 1.54) is 19.3 Å². The Labute approximate surface area is 214 Å². The zero-order chi connectivity index (χ0) is 27.3. The zero-order valence-corrected chi connectivity index (χ0v) is 20.6. The molecular weight excluding hydrogens is 490 g/mol. The van der Waals surface area contributed by atoms with Crippen molar-refractivity contribution >= 4 is 11.9 Å². The van der Waals surface area contributed by atoms with Gasteiger partial charge in [-0.1, -0.05) is 18.2 Å². The number of hydrogen-bond donors (Lipinski definition) is 5. The molecule has 9 atom stereocenters. The minimum Gasteiger partial charge on any atom is -0.545 e. The third kappa shape index (κ3) is 6.36. The molecule has 0 aromatic rings. The number of allylic oxidation sites excluding steroid dienone is 4. The molecule has 3 aliphatic heterocycles. The molecule has 12 nitrogen and oxygen atoms in total. The lowest BCUT2D eigenvalue weighted by molar-refractivity contribution is -0.840. The molecule has 0 aromatic carbocycles. The number of quaternary nitrogens is 1. The molecular formula is C25H33NO11. The van der Waals surface area contributed by atoms with Crippen molar-refractivity contribution in [3.63, 3.8) is 0 Å². The largest absolute Gasteiger partial charge is 0.545 e. The molecule has 0 radical (unpaired) electrons. The number of likely N-dealkylation sites (N-methyl/N-ethyl adjacent to an activating group) is 1. The number of carbonyl (C=O) groups excluding carboxylic acids is 2. The lowest BCUT2D eigenvalue weighted by atomic mass is 9.83. The molecule has 0 bridgehead atoms. The predicted octanol–water partition coefficient (Wildman–Crippen LogP) is -3.33. The fourth-order valence-electron chi connectivity index (χ4n) is 4.41. The van der Waals surface area contributed by atoms with Crippen LogP contribution in [0.2, 0.25) is 0 Å². The Balaban J connectivity index is 1.89. The lowest BCUT2D eigenvalue weighted by Crippen LogP contribution is -3.08. The van der Waals surface area contributed by atoms with Crippen LogP contribution in [0.5, 0.6) is 0 Å². The van der Waals surface area contributed by atoms with Crippen LogP contribution in [0.15, 0.2) is 60.1 Å². The number of carboxylic acid groups (broad SMARTS) is 1. The molecule has 3 rings (SSSR count). The van der Waals surface area contributed by atoms with Crippen LogP contribution in [0.25, 0.3) is 0 Å². The summed E-state index contributed by atoms with van der Waals surface area (Å²) in [6.45, 7) is 6.02. The average molecular weight is 524 g/mol. The van der Waals surface area contributed by atoms with Gasteiger partial charge in [0.15, 0.2) is 6.29 Å². The topological polar surface area (TPSA) is 179 Å².